The molecule has 1 saturated carbocycles. The van der Waals surface area contributed by atoms with Crippen molar-refractivity contribution in [1.82, 2.24) is 9.62 Å². The normalized spacial score (nSPS) is 34.4. The number of morpholine rings is 1. The lowest BCUT2D eigenvalue weighted by molar-refractivity contribution is -0.0449. The lowest BCUT2D eigenvalue weighted by Gasteiger charge is -2.48. The molecule has 7 atom stereocenters. The number of halogens is 1. The van der Waals surface area contributed by atoms with Gasteiger partial charge in [0.05, 0.1) is 35.2 Å². The fourth-order valence-corrected chi connectivity index (χ4v) is 10.9. The molecule has 3 heterocycles. The Hall–Kier alpha value is -2.74. The molecule has 2 aromatic rings. The van der Waals surface area contributed by atoms with Crippen molar-refractivity contribution >= 4 is 38.8 Å². The number of rotatable bonds is 2. The minimum atomic E-state index is -2.96. The fraction of sp³-hybridized carbons (Fsp3) is 0.610. The van der Waals surface area contributed by atoms with Gasteiger partial charge >= 0.3 is 0 Å². The largest absolute Gasteiger partial charge is 0.490 e. The molecule has 2 aliphatic carbocycles. The summed E-state index contributed by atoms with van der Waals surface area (Å²) in [7, 11) is -2.96. The van der Waals surface area contributed by atoms with E-state index in [0.29, 0.717) is 38.1 Å². The molecule has 7 rings (SSSR count). The summed E-state index contributed by atoms with van der Waals surface area (Å²) >= 11 is 6.48. The highest BCUT2D eigenvalue weighted by atomic mass is 35.5. The van der Waals surface area contributed by atoms with Gasteiger partial charge in [-0.2, -0.15) is 0 Å². The van der Waals surface area contributed by atoms with Crippen LogP contribution >= 0.6 is 11.6 Å². The standard InChI is InChI=1S/C41H54ClN3O5S/c1-29-8-6-18-41(47,17-4-5-19-44-20-22-49-23-21-44)36-13-10-33(36)26-45-27-40(16-7-9-31-24-34(42)12-14-35(31)40)28-50-38-15-11-32(25-37(38)45)39(46)43-51(3,48)30(29)2/h11-12,14-15,24-25,29-30,33,36,47H,3,5-10,13,16,18-23,26-28H2,1-2H3,(H,43,46,48)/t29-,30+,33-,36+,40-,41+,51?/m0/s1. The number of fused-ring (bicyclic) bond motifs is 4. The van der Waals surface area contributed by atoms with Gasteiger partial charge in [-0.05, 0) is 117 Å². The molecule has 1 saturated heterocycles. The van der Waals surface area contributed by atoms with Crippen molar-refractivity contribution in [1.29, 1.82) is 0 Å². The summed E-state index contributed by atoms with van der Waals surface area (Å²) in [6.07, 6.45) is 7.70. The van der Waals surface area contributed by atoms with Crippen LogP contribution in [0.25, 0.3) is 0 Å². The molecule has 3 aliphatic heterocycles. The number of amides is 1. The number of nitrogens with zero attached hydrogens (tertiary/aromatic N) is 2. The number of anilines is 1. The average Bonchev–Trinajstić information content (AvgIpc) is 3.24. The Morgan fingerprint density at radius 2 is 1.92 bits per heavy atom. The van der Waals surface area contributed by atoms with E-state index < -0.39 is 15.3 Å². The van der Waals surface area contributed by atoms with Crippen LogP contribution in [0.4, 0.5) is 5.69 Å². The summed E-state index contributed by atoms with van der Waals surface area (Å²) in [6.45, 7) is 10.2. The van der Waals surface area contributed by atoms with E-state index >= 15 is 0 Å². The zero-order chi connectivity index (χ0) is 35.8. The molecule has 0 radical (unpaired) electrons. The zero-order valence-electron chi connectivity index (χ0n) is 30.3. The fourth-order valence-electron chi connectivity index (χ4n) is 9.16. The molecular weight excluding hydrogens is 682 g/mol. The van der Waals surface area contributed by atoms with E-state index in [1.807, 2.05) is 25.1 Å². The predicted octanol–water partition coefficient (Wildman–Crippen LogP) is 5.87. The Morgan fingerprint density at radius 1 is 1.10 bits per heavy atom. The molecule has 5 aliphatic rings. The van der Waals surface area contributed by atoms with Crippen molar-refractivity contribution in [2.75, 3.05) is 57.4 Å². The topological polar surface area (TPSA) is 91.3 Å². The Labute approximate surface area is 309 Å². The highest BCUT2D eigenvalue weighted by molar-refractivity contribution is 7.99. The van der Waals surface area contributed by atoms with E-state index in [0.717, 1.165) is 94.3 Å². The van der Waals surface area contributed by atoms with Gasteiger partial charge in [-0.15, -0.1) is 0 Å². The Balaban J connectivity index is 1.25. The van der Waals surface area contributed by atoms with Crippen LogP contribution in [0.1, 0.15) is 86.7 Å². The van der Waals surface area contributed by atoms with Gasteiger partial charge in [-0.1, -0.05) is 36.4 Å². The van der Waals surface area contributed by atoms with Gasteiger partial charge in [-0.25, -0.2) is 4.21 Å². The van der Waals surface area contributed by atoms with Crippen molar-refractivity contribution in [2.24, 2.45) is 17.8 Å². The molecular formula is C41H54ClN3O5S. The van der Waals surface area contributed by atoms with Crippen molar-refractivity contribution in [3.63, 3.8) is 0 Å². The third-order valence-electron chi connectivity index (χ3n) is 12.6. The summed E-state index contributed by atoms with van der Waals surface area (Å²) in [5, 5.41) is 12.9. The van der Waals surface area contributed by atoms with Crippen LogP contribution in [0.5, 0.6) is 5.75 Å². The molecule has 2 aromatic carbocycles. The molecule has 51 heavy (non-hydrogen) atoms. The smallest absolute Gasteiger partial charge is 0.262 e. The summed E-state index contributed by atoms with van der Waals surface area (Å²) in [5.41, 5.74) is 2.47. The quantitative estimate of drug-likeness (QED) is 0.295. The highest BCUT2D eigenvalue weighted by Crippen LogP contribution is 2.49. The summed E-state index contributed by atoms with van der Waals surface area (Å²) in [6, 6.07) is 11.8. The average molecular weight is 736 g/mol. The molecule has 2 N–H and O–H groups in total. The third-order valence-corrected chi connectivity index (χ3v) is 15.1. The molecule has 1 unspecified atom stereocenters. The van der Waals surface area contributed by atoms with Gasteiger partial charge in [0.2, 0.25) is 0 Å². The maximum Gasteiger partial charge on any atom is 0.262 e. The van der Waals surface area contributed by atoms with Crippen molar-refractivity contribution in [3.8, 4) is 17.6 Å². The van der Waals surface area contributed by atoms with Crippen LogP contribution in [0.3, 0.4) is 0 Å². The number of aryl methyl sites for hydroxylation is 1. The van der Waals surface area contributed by atoms with Gasteiger partial charge < -0.3 is 19.5 Å². The first-order valence-corrected chi connectivity index (χ1v) is 21.1. The van der Waals surface area contributed by atoms with Gasteiger partial charge in [0.15, 0.2) is 0 Å². The van der Waals surface area contributed by atoms with Crippen molar-refractivity contribution < 1.29 is 23.6 Å². The van der Waals surface area contributed by atoms with Crippen molar-refractivity contribution in [3.05, 3.63) is 58.1 Å². The van der Waals surface area contributed by atoms with E-state index in [2.05, 4.69) is 51.3 Å². The third kappa shape index (κ3) is 7.68. The number of carbonyl (C=O) groups is 1. The van der Waals surface area contributed by atoms with Gasteiger partial charge in [-0.3, -0.25) is 14.4 Å². The van der Waals surface area contributed by atoms with Gasteiger partial charge in [0, 0.05) is 66.3 Å². The first kappa shape index (κ1) is 36.6. The monoisotopic (exact) mass is 735 g/mol. The van der Waals surface area contributed by atoms with E-state index in [1.54, 1.807) is 6.07 Å². The van der Waals surface area contributed by atoms with Crippen LogP contribution in [-0.4, -0.2) is 89.4 Å². The molecule has 1 spiro atoms. The van der Waals surface area contributed by atoms with Crippen LogP contribution in [0.2, 0.25) is 5.02 Å². The highest BCUT2D eigenvalue weighted by Gasteiger charge is 2.48. The van der Waals surface area contributed by atoms with Crippen molar-refractivity contribution in [2.45, 2.75) is 87.9 Å². The zero-order valence-corrected chi connectivity index (χ0v) is 31.8. The van der Waals surface area contributed by atoms with Crippen LogP contribution in [-0.2, 0) is 26.3 Å². The summed E-state index contributed by atoms with van der Waals surface area (Å²) < 4.78 is 28.9. The molecule has 2 fully saturated rings. The SMILES string of the molecule is C=S1(=O)NC(=O)c2ccc3c(c2)N(C[C@@H]2CC[C@H]2[C@@](O)(C#CCCN2CCOCC2)CCC[C@H](C)[C@H]1C)C[C@@]1(CCCc2cc(Cl)ccc21)CO3. The summed E-state index contributed by atoms with van der Waals surface area (Å²) in [4.78, 5) is 18.5. The second-order valence-corrected chi connectivity index (χ2v) is 18.7. The Kier molecular flexibility index (Phi) is 10.7. The molecule has 8 nitrogen and oxygen atoms in total. The predicted molar refractivity (Wildman–Crippen MR) is 206 cm³/mol. The number of benzene rings is 2. The van der Waals surface area contributed by atoms with Gasteiger partial charge in [0.1, 0.15) is 11.4 Å². The molecule has 2 bridgehead atoms. The van der Waals surface area contributed by atoms with Crippen LogP contribution in [0, 0.1) is 29.6 Å². The number of hydrogen-bond acceptors (Lipinski definition) is 7. The lowest BCUT2D eigenvalue weighted by atomic mass is 9.63. The second-order valence-electron chi connectivity index (χ2n) is 15.9. The van der Waals surface area contributed by atoms with Gasteiger partial charge in [0.25, 0.3) is 5.91 Å². The number of hydrogen-bond donors (Lipinski definition) is 2. The van der Waals surface area contributed by atoms with E-state index in [9.17, 15) is 14.1 Å². The maximum absolute atomic E-state index is 13.9. The second kappa shape index (κ2) is 14.9. The van der Waals surface area contributed by atoms with Crippen LogP contribution in [0.15, 0.2) is 36.4 Å². The summed E-state index contributed by atoms with van der Waals surface area (Å²) in [5.74, 6) is 11.5. The van der Waals surface area contributed by atoms with E-state index in [4.69, 9.17) is 21.1 Å². The number of nitrogens with one attached hydrogen (secondary N) is 1. The first-order chi connectivity index (χ1) is 24.5. The Bertz CT molecular complexity index is 1780. The molecule has 0 aromatic heterocycles. The number of carbonyl (C=O) groups excluding carboxylic acids is 1. The Morgan fingerprint density at radius 3 is 2.71 bits per heavy atom. The number of ether oxygens (including phenoxy) is 2. The minimum Gasteiger partial charge on any atom is -0.490 e. The van der Waals surface area contributed by atoms with Crippen LogP contribution < -0.4 is 14.4 Å². The lowest BCUT2D eigenvalue weighted by Crippen LogP contribution is -2.52. The number of aliphatic hydroxyl groups is 1. The van der Waals surface area contributed by atoms with E-state index in [-0.39, 0.29) is 34.3 Å². The first-order valence-electron chi connectivity index (χ1n) is 19.0. The minimum absolute atomic E-state index is 0.0265. The molecule has 276 valence electrons. The maximum atomic E-state index is 13.9. The van der Waals surface area contributed by atoms with E-state index in [1.165, 1.54) is 11.1 Å². The molecule has 1 amide bonds. The molecule has 10 heteroatoms.